The second kappa shape index (κ2) is 8.75. The van der Waals surface area contributed by atoms with E-state index >= 15 is 0 Å². The average Bonchev–Trinajstić information content (AvgIpc) is 3.20. The number of nitrogens with one attached hydrogen (secondary N) is 1. The zero-order valence-electron chi connectivity index (χ0n) is 15.8. The first kappa shape index (κ1) is 19.7. The molecule has 1 aromatic carbocycles. The van der Waals surface area contributed by atoms with Crippen molar-refractivity contribution in [2.24, 2.45) is 4.99 Å². The molecular formula is C19H26N4O2S2. The van der Waals surface area contributed by atoms with Gasteiger partial charge in [-0.1, -0.05) is 12.1 Å². The standard InChI is InChI=1S/C19H26N4O2S2/c1-3-20-19(21-15-16-6-8-17(9-7-16)27(2,24)25)23-12-10-22(11-13-23)18-5-4-14-26-18/h4-9,14H,3,10-13,15H2,1-2H3,(H,20,21). The molecule has 1 aliphatic heterocycles. The SMILES string of the molecule is CCNC(=NCc1ccc(S(C)(=O)=O)cc1)N1CCN(c2cccs2)CC1. The van der Waals surface area contributed by atoms with Gasteiger partial charge in [0, 0.05) is 39.0 Å². The van der Waals surface area contributed by atoms with Crippen LogP contribution in [0, 0.1) is 0 Å². The van der Waals surface area contributed by atoms with Gasteiger partial charge in [-0.25, -0.2) is 13.4 Å². The molecule has 2 aromatic rings. The van der Waals surface area contributed by atoms with Gasteiger partial charge in [0.1, 0.15) is 0 Å². The predicted octanol–water partition coefficient (Wildman–Crippen LogP) is 2.44. The number of sulfone groups is 1. The second-order valence-corrected chi connectivity index (χ2v) is 9.45. The topological polar surface area (TPSA) is 65.0 Å². The van der Waals surface area contributed by atoms with Crippen LogP contribution in [-0.2, 0) is 16.4 Å². The minimum atomic E-state index is -3.16. The summed E-state index contributed by atoms with van der Waals surface area (Å²) in [4.78, 5) is 9.79. The Labute approximate surface area is 165 Å². The minimum Gasteiger partial charge on any atom is -0.360 e. The van der Waals surface area contributed by atoms with Crippen molar-refractivity contribution < 1.29 is 8.42 Å². The molecule has 1 N–H and O–H groups in total. The molecule has 0 spiro atoms. The average molecular weight is 407 g/mol. The predicted molar refractivity (Wildman–Crippen MR) is 112 cm³/mol. The lowest BCUT2D eigenvalue weighted by Crippen LogP contribution is -2.52. The number of rotatable bonds is 5. The monoisotopic (exact) mass is 406 g/mol. The maximum atomic E-state index is 11.6. The first-order chi connectivity index (χ1) is 13.0. The fourth-order valence-electron chi connectivity index (χ4n) is 3.02. The number of anilines is 1. The van der Waals surface area contributed by atoms with Crippen molar-refractivity contribution in [3.63, 3.8) is 0 Å². The highest BCUT2D eigenvalue weighted by Gasteiger charge is 2.20. The molecule has 1 saturated heterocycles. The zero-order valence-corrected chi connectivity index (χ0v) is 17.4. The van der Waals surface area contributed by atoms with Gasteiger partial charge in [-0.2, -0.15) is 0 Å². The van der Waals surface area contributed by atoms with E-state index < -0.39 is 9.84 Å². The third kappa shape index (κ3) is 5.23. The molecule has 3 rings (SSSR count). The molecule has 0 saturated carbocycles. The van der Waals surface area contributed by atoms with Gasteiger partial charge in [-0.05, 0) is 42.1 Å². The maximum absolute atomic E-state index is 11.6. The zero-order chi connectivity index (χ0) is 19.3. The van der Waals surface area contributed by atoms with Crippen molar-refractivity contribution in [2.75, 3.05) is 43.9 Å². The molecule has 0 radical (unpaired) electrons. The van der Waals surface area contributed by atoms with Gasteiger partial charge in [-0.3, -0.25) is 0 Å². The van der Waals surface area contributed by atoms with E-state index in [9.17, 15) is 8.42 Å². The molecule has 1 fully saturated rings. The molecule has 2 heterocycles. The van der Waals surface area contributed by atoms with Crippen molar-refractivity contribution in [3.05, 3.63) is 47.3 Å². The third-order valence-electron chi connectivity index (χ3n) is 4.49. The van der Waals surface area contributed by atoms with Gasteiger partial charge in [0.05, 0.1) is 16.4 Å². The quantitative estimate of drug-likeness (QED) is 0.610. The lowest BCUT2D eigenvalue weighted by molar-refractivity contribution is 0.373. The summed E-state index contributed by atoms with van der Waals surface area (Å²) in [6.45, 7) is 7.22. The van der Waals surface area contributed by atoms with E-state index in [1.807, 2.05) is 12.1 Å². The Balaban J connectivity index is 1.63. The highest BCUT2D eigenvalue weighted by Crippen LogP contribution is 2.22. The van der Waals surface area contributed by atoms with E-state index in [-0.39, 0.29) is 0 Å². The highest BCUT2D eigenvalue weighted by atomic mass is 32.2. The van der Waals surface area contributed by atoms with Crippen molar-refractivity contribution in [2.45, 2.75) is 18.4 Å². The third-order valence-corrected chi connectivity index (χ3v) is 6.55. The van der Waals surface area contributed by atoms with Crippen LogP contribution in [-0.4, -0.2) is 58.3 Å². The van der Waals surface area contributed by atoms with Crippen molar-refractivity contribution in [3.8, 4) is 0 Å². The molecule has 146 valence electrons. The lowest BCUT2D eigenvalue weighted by atomic mass is 10.2. The van der Waals surface area contributed by atoms with Gasteiger partial charge < -0.3 is 15.1 Å². The number of guanidine groups is 1. The minimum absolute atomic E-state index is 0.340. The Morgan fingerprint density at radius 1 is 1.15 bits per heavy atom. The summed E-state index contributed by atoms with van der Waals surface area (Å²) in [7, 11) is -3.16. The van der Waals surface area contributed by atoms with Crippen molar-refractivity contribution in [1.82, 2.24) is 10.2 Å². The molecule has 0 bridgehead atoms. The van der Waals surface area contributed by atoms with Gasteiger partial charge in [0.2, 0.25) is 0 Å². The Bertz CT molecular complexity index is 854. The number of piperazine rings is 1. The summed E-state index contributed by atoms with van der Waals surface area (Å²) >= 11 is 1.78. The molecule has 0 amide bonds. The van der Waals surface area contributed by atoms with Gasteiger partial charge >= 0.3 is 0 Å². The van der Waals surface area contributed by atoms with Gasteiger partial charge in [-0.15, -0.1) is 11.3 Å². The lowest BCUT2D eigenvalue weighted by Gasteiger charge is -2.37. The van der Waals surface area contributed by atoms with E-state index in [0.29, 0.717) is 11.4 Å². The summed E-state index contributed by atoms with van der Waals surface area (Å²) in [6.07, 6.45) is 1.22. The number of hydrogen-bond donors (Lipinski definition) is 1. The number of benzene rings is 1. The molecule has 0 atom stereocenters. The largest absolute Gasteiger partial charge is 0.360 e. The number of thiophene rings is 1. The normalized spacial score (nSPS) is 15.9. The van der Waals surface area contributed by atoms with Crippen LogP contribution >= 0.6 is 11.3 Å². The van der Waals surface area contributed by atoms with Crippen LogP contribution < -0.4 is 10.2 Å². The number of aliphatic imine (C=N–C) groups is 1. The summed E-state index contributed by atoms with van der Waals surface area (Å²) in [5.74, 6) is 0.913. The number of nitrogens with zero attached hydrogens (tertiary/aromatic N) is 3. The smallest absolute Gasteiger partial charge is 0.194 e. The maximum Gasteiger partial charge on any atom is 0.194 e. The van der Waals surface area contributed by atoms with Gasteiger partial charge in [0.15, 0.2) is 15.8 Å². The molecule has 8 heteroatoms. The molecule has 1 aromatic heterocycles. The molecule has 0 unspecified atom stereocenters. The van der Waals surface area contributed by atoms with E-state index in [1.54, 1.807) is 23.5 Å². The molecular weight excluding hydrogens is 380 g/mol. The van der Waals surface area contributed by atoms with E-state index in [4.69, 9.17) is 4.99 Å². The Morgan fingerprint density at radius 3 is 2.41 bits per heavy atom. The van der Waals surface area contributed by atoms with E-state index in [0.717, 1.165) is 44.2 Å². The van der Waals surface area contributed by atoms with Crippen LogP contribution in [0.4, 0.5) is 5.00 Å². The molecule has 6 nitrogen and oxygen atoms in total. The van der Waals surface area contributed by atoms with Crippen LogP contribution in [0.25, 0.3) is 0 Å². The highest BCUT2D eigenvalue weighted by molar-refractivity contribution is 7.90. The van der Waals surface area contributed by atoms with Crippen LogP contribution in [0.5, 0.6) is 0 Å². The summed E-state index contributed by atoms with van der Waals surface area (Å²) in [5.41, 5.74) is 0.995. The summed E-state index contributed by atoms with van der Waals surface area (Å²) in [6, 6.07) is 11.2. The van der Waals surface area contributed by atoms with Gasteiger partial charge in [0.25, 0.3) is 0 Å². The van der Waals surface area contributed by atoms with Crippen LogP contribution in [0.3, 0.4) is 0 Å². The Morgan fingerprint density at radius 2 is 1.85 bits per heavy atom. The van der Waals surface area contributed by atoms with Crippen molar-refractivity contribution in [1.29, 1.82) is 0 Å². The van der Waals surface area contributed by atoms with Crippen molar-refractivity contribution >= 4 is 32.1 Å². The molecule has 1 aliphatic rings. The molecule has 27 heavy (non-hydrogen) atoms. The van der Waals surface area contributed by atoms with Crippen LogP contribution in [0.2, 0.25) is 0 Å². The first-order valence-corrected chi connectivity index (χ1v) is 11.8. The Kier molecular flexibility index (Phi) is 6.38. The van der Waals surface area contributed by atoms with Crippen LogP contribution in [0.1, 0.15) is 12.5 Å². The second-order valence-electron chi connectivity index (χ2n) is 6.51. The summed E-state index contributed by atoms with van der Waals surface area (Å²) < 4.78 is 23.1. The van der Waals surface area contributed by atoms with E-state index in [2.05, 4.69) is 39.6 Å². The van der Waals surface area contributed by atoms with E-state index in [1.165, 1.54) is 11.3 Å². The molecule has 0 aliphatic carbocycles. The fraction of sp³-hybridized carbons (Fsp3) is 0.421. The summed E-state index contributed by atoms with van der Waals surface area (Å²) in [5, 5.41) is 6.81. The number of hydrogen-bond acceptors (Lipinski definition) is 5. The fourth-order valence-corrected chi connectivity index (χ4v) is 4.44. The first-order valence-electron chi connectivity index (χ1n) is 9.08. The van der Waals surface area contributed by atoms with Crippen LogP contribution in [0.15, 0.2) is 51.7 Å². The Hall–Kier alpha value is -2.06.